The number of carbonyl (C=O) groups is 3. The van der Waals surface area contributed by atoms with Gasteiger partial charge in [-0.3, -0.25) is 9.59 Å². The Morgan fingerprint density at radius 1 is 1.30 bits per heavy atom. The second-order valence-corrected chi connectivity index (χ2v) is 3.98. The summed E-state index contributed by atoms with van der Waals surface area (Å²) in [5.74, 6) is -1.90. The summed E-state index contributed by atoms with van der Waals surface area (Å²) in [5.41, 5.74) is -0.0579. The van der Waals surface area contributed by atoms with Crippen molar-refractivity contribution >= 4 is 17.8 Å². The molecule has 0 radical (unpaired) electrons. The molecule has 1 heterocycles. The van der Waals surface area contributed by atoms with Crippen LogP contribution in [0.3, 0.4) is 0 Å². The Morgan fingerprint density at radius 3 is 2.50 bits per heavy atom. The zero-order valence-corrected chi connectivity index (χ0v) is 11.4. The average Bonchev–Trinajstić information content (AvgIpc) is 2.46. The monoisotopic (exact) mass is 279 g/mol. The quantitative estimate of drug-likeness (QED) is 0.784. The van der Waals surface area contributed by atoms with E-state index in [0.29, 0.717) is 13.1 Å². The molecule has 0 aliphatic rings. The number of likely N-dealkylation sites (N-methyl/N-ethyl adjacent to an activating group) is 1. The topological polar surface area (TPSA) is 99.6 Å². The third-order valence-electron chi connectivity index (χ3n) is 2.76. The van der Waals surface area contributed by atoms with Gasteiger partial charge in [-0.2, -0.15) is 0 Å². The number of carbonyl (C=O) groups excluding carboxylic acids is 2. The number of nitrogens with zero attached hydrogens (tertiary/aromatic N) is 2. The third-order valence-corrected chi connectivity index (χ3v) is 2.76. The van der Waals surface area contributed by atoms with Crippen LogP contribution in [0.1, 0.15) is 34.7 Å². The lowest BCUT2D eigenvalue weighted by molar-refractivity contribution is -0.129. The Balaban J connectivity index is 2.65. The number of aromatic nitrogens is 1. The molecule has 1 aromatic heterocycles. The predicted molar refractivity (Wildman–Crippen MR) is 71.5 cm³/mol. The second-order valence-electron chi connectivity index (χ2n) is 3.98. The maximum absolute atomic E-state index is 11.8. The first-order valence-electron chi connectivity index (χ1n) is 6.24. The highest BCUT2D eigenvalue weighted by molar-refractivity contribution is 5.98. The largest absolute Gasteiger partial charge is 0.477 e. The van der Waals surface area contributed by atoms with E-state index in [-0.39, 0.29) is 23.7 Å². The molecule has 0 unspecified atom stereocenters. The van der Waals surface area contributed by atoms with Gasteiger partial charge in [0.15, 0.2) is 0 Å². The summed E-state index contributed by atoms with van der Waals surface area (Å²) in [4.78, 5) is 39.5. The molecule has 0 saturated carbocycles. The molecule has 20 heavy (non-hydrogen) atoms. The van der Waals surface area contributed by atoms with Crippen LogP contribution in [-0.4, -0.2) is 52.4 Å². The molecule has 2 amide bonds. The Bertz CT molecular complexity index is 512. The van der Waals surface area contributed by atoms with Gasteiger partial charge in [-0.05, 0) is 26.0 Å². The maximum atomic E-state index is 11.8. The van der Waals surface area contributed by atoms with Crippen LogP contribution >= 0.6 is 0 Å². The Morgan fingerprint density at radius 2 is 1.95 bits per heavy atom. The summed E-state index contributed by atoms with van der Waals surface area (Å²) in [5, 5.41) is 11.3. The number of carboxylic acids is 1. The Hall–Kier alpha value is -2.44. The fourth-order valence-electron chi connectivity index (χ4n) is 1.63. The summed E-state index contributed by atoms with van der Waals surface area (Å²) in [6, 6.07) is 2.56. The van der Waals surface area contributed by atoms with Crippen molar-refractivity contribution in [3.8, 4) is 0 Å². The van der Waals surface area contributed by atoms with Gasteiger partial charge in [0.25, 0.3) is 5.91 Å². The molecular formula is C13H17N3O4. The van der Waals surface area contributed by atoms with Crippen LogP contribution in [0.4, 0.5) is 0 Å². The molecule has 0 spiro atoms. The standard InChI is InChI=1S/C13H17N3O4/c1-3-16(4-2)11(17)8-15-12(18)9-5-6-14-10(7-9)13(19)20/h5-7H,3-4,8H2,1-2H3,(H,15,18)(H,19,20). The van der Waals surface area contributed by atoms with Crippen LogP contribution in [0.25, 0.3) is 0 Å². The van der Waals surface area contributed by atoms with E-state index in [1.54, 1.807) is 4.90 Å². The van der Waals surface area contributed by atoms with Gasteiger partial charge in [0, 0.05) is 24.8 Å². The first-order valence-corrected chi connectivity index (χ1v) is 6.24. The Labute approximate surface area is 116 Å². The Kier molecular flexibility index (Phi) is 5.64. The summed E-state index contributed by atoms with van der Waals surface area (Å²) in [6.45, 7) is 4.73. The van der Waals surface area contributed by atoms with Crippen LogP contribution < -0.4 is 5.32 Å². The molecule has 0 bridgehead atoms. The van der Waals surface area contributed by atoms with Crippen LogP contribution in [0.15, 0.2) is 18.3 Å². The van der Waals surface area contributed by atoms with Crippen molar-refractivity contribution in [3.63, 3.8) is 0 Å². The first kappa shape index (κ1) is 15.6. The minimum atomic E-state index is -1.21. The lowest BCUT2D eigenvalue weighted by Crippen LogP contribution is -2.40. The van der Waals surface area contributed by atoms with E-state index in [2.05, 4.69) is 10.3 Å². The van der Waals surface area contributed by atoms with E-state index in [9.17, 15) is 14.4 Å². The van der Waals surface area contributed by atoms with Crippen LogP contribution in [0.5, 0.6) is 0 Å². The molecule has 0 fully saturated rings. The summed E-state index contributed by atoms with van der Waals surface area (Å²) in [6.07, 6.45) is 1.24. The highest BCUT2D eigenvalue weighted by atomic mass is 16.4. The van der Waals surface area contributed by atoms with Gasteiger partial charge in [0.05, 0.1) is 6.54 Å². The fraction of sp³-hybridized carbons (Fsp3) is 0.385. The van der Waals surface area contributed by atoms with Gasteiger partial charge < -0.3 is 15.3 Å². The summed E-state index contributed by atoms with van der Waals surface area (Å²) >= 11 is 0. The van der Waals surface area contributed by atoms with Gasteiger partial charge in [-0.25, -0.2) is 9.78 Å². The molecular weight excluding hydrogens is 262 g/mol. The van der Waals surface area contributed by atoms with E-state index in [1.807, 2.05) is 13.8 Å². The highest BCUT2D eigenvalue weighted by Crippen LogP contribution is 2.02. The van der Waals surface area contributed by atoms with Crippen LogP contribution in [0.2, 0.25) is 0 Å². The smallest absolute Gasteiger partial charge is 0.354 e. The van der Waals surface area contributed by atoms with E-state index < -0.39 is 11.9 Å². The molecule has 0 atom stereocenters. The maximum Gasteiger partial charge on any atom is 0.354 e. The van der Waals surface area contributed by atoms with Gasteiger partial charge in [-0.1, -0.05) is 0 Å². The molecule has 7 heteroatoms. The number of carboxylic acid groups (broad SMARTS) is 1. The third kappa shape index (κ3) is 4.04. The molecule has 1 aromatic rings. The SMILES string of the molecule is CCN(CC)C(=O)CNC(=O)c1ccnc(C(=O)O)c1. The van der Waals surface area contributed by atoms with Crippen molar-refractivity contribution in [1.82, 2.24) is 15.2 Å². The van der Waals surface area contributed by atoms with Crippen LogP contribution in [-0.2, 0) is 4.79 Å². The number of rotatable bonds is 6. The predicted octanol–water partition coefficient (Wildman–Crippen LogP) is 0.378. The average molecular weight is 279 g/mol. The lowest BCUT2D eigenvalue weighted by atomic mass is 10.2. The van der Waals surface area contributed by atoms with Gasteiger partial charge in [-0.15, -0.1) is 0 Å². The lowest BCUT2D eigenvalue weighted by Gasteiger charge is -2.18. The van der Waals surface area contributed by atoms with Crippen molar-refractivity contribution in [1.29, 1.82) is 0 Å². The van der Waals surface area contributed by atoms with E-state index in [4.69, 9.17) is 5.11 Å². The van der Waals surface area contributed by atoms with Crippen LogP contribution in [0, 0.1) is 0 Å². The van der Waals surface area contributed by atoms with Crippen molar-refractivity contribution in [2.24, 2.45) is 0 Å². The first-order chi connectivity index (χ1) is 9.49. The molecule has 7 nitrogen and oxygen atoms in total. The normalized spacial score (nSPS) is 9.90. The molecule has 2 N–H and O–H groups in total. The molecule has 108 valence electrons. The highest BCUT2D eigenvalue weighted by Gasteiger charge is 2.13. The molecule has 0 saturated heterocycles. The fourth-order valence-corrected chi connectivity index (χ4v) is 1.63. The number of nitrogens with one attached hydrogen (secondary N) is 1. The van der Waals surface area contributed by atoms with Crippen molar-refractivity contribution in [3.05, 3.63) is 29.6 Å². The number of pyridine rings is 1. The van der Waals surface area contributed by atoms with Gasteiger partial charge in [0.2, 0.25) is 5.91 Å². The molecule has 0 aliphatic heterocycles. The second kappa shape index (κ2) is 7.22. The summed E-state index contributed by atoms with van der Waals surface area (Å²) < 4.78 is 0. The molecule has 0 aliphatic carbocycles. The minimum Gasteiger partial charge on any atom is -0.477 e. The zero-order chi connectivity index (χ0) is 15.1. The van der Waals surface area contributed by atoms with Gasteiger partial charge >= 0.3 is 5.97 Å². The van der Waals surface area contributed by atoms with E-state index in [1.165, 1.54) is 18.3 Å². The molecule has 0 aromatic carbocycles. The number of amides is 2. The number of aromatic carboxylic acids is 1. The zero-order valence-electron chi connectivity index (χ0n) is 11.4. The van der Waals surface area contributed by atoms with Crippen molar-refractivity contribution < 1.29 is 19.5 Å². The van der Waals surface area contributed by atoms with E-state index in [0.717, 1.165) is 0 Å². The minimum absolute atomic E-state index is 0.120. The van der Waals surface area contributed by atoms with Crippen molar-refractivity contribution in [2.45, 2.75) is 13.8 Å². The summed E-state index contributed by atoms with van der Waals surface area (Å²) in [7, 11) is 0. The number of hydrogen-bond donors (Lipinski definition) is 2. The van der Waals surface area contributed by atoms with Crippen molar-refractivity contribution in [2.75, 3.05) is 19.6 Å². The molecule has 1 rings (SSSR count). The number of hydrogen-bond acceptors (Lipinski definition) is 4. The van der Waals surface area contributed by atoms with Gasteiger partial charge in [0.1, 0.15) is 5.69 Å². The van der Waals surface area contributed by atoms with E-state index >= 15 is 0 Å².